The van der Waals surface area contributed by atoms with Crippen LogP contribution in [0.25, 0.3) is 0 Å². The molecule has 0 saturated heterocycles. The highest BCUT2D eigenvalue weighted by Crippen LogP contribution is 2.41. The van der Waals surface area contributed by atoms with Crippen LogP contribution < -0.4 is 0 Å². The first-order chi connectivity index (χ1) is 7.09. The fourth-order valence-electron chi connectivity index (χ4n) is 2.27. The molecule has 2 nitrogen and oxygen atoms in total. The van der Waals surface area contributed by atoms with Gasteiger partial charge in [-0.05, 0) is 23.3 Å². The molecule has 2 heteroatoms. The minimum Gasteiger partial charge on any atom is -0.335 e. The second-order valence-electron chi connectivity index (χ2n) is 6.67. The summed E-state index contributed by atoms with van der Waals surface area (Å²) in [5.41, 5.74) is 2.37. The Bertz CT molecular complexity index is 326. The third-order valence-corrected chi connectivity index (χ3v) is 3.19. The number of hydrogen-bond acceptors (Lipinski definition) is 1. The third-order valence-electron chi connectivity index (χ3n) is 3.19. The maximum absolute atomic E-state index is 12.3. The number of carbonyl (C=O) groups is 1. The molecule has 0 spiro atoms. The first kappa shape index (κ1) is 13.3. The highest BCUT2D eigenvalue weighted by atomic mass is 16.2. The van der Waals surface area contributed by atoms with Crippen molar-refractivity contribution in [1.29, 1.82) is 0 Å². The first-order valence-corrected chi connectivity index (χ1v) is 6.12. The van der Waals surface area contributed by atoms with Crippen molar-refractivity contribution in [2.75, 3.05) is 13.1 Å². The Hall–Kier alpha value is -0.790. The van der Waals surface area contributed by atoms with E-state index in [1.807, 2.05) is 11.8 Å². The van der Waals surface area contributed by atoms with Crippen molar-refractivity contribution < 1.29 is 4.79 Å². The Morgan fingerprint density at radius 2 is 1.56 bits per heavy atom. The SMILES string of the molecule is CCN1CC(C(C)(C)C)=C(C(C)(C)C)C1=O. The van der Waals surface area contributed by atoms with Gasteiger partial charge in [-0.1, -0.05) is 41.5 Å². The molecule has 0 aliphatic carbocycles. The van der Waals surface area contributed by atoms with Gasteiger partial charge in [-0.3, -0.25) is 4.79 Å². The van der Waals surface area contributed by atoms with Crippen LogP contribution in [0.2, 0.25) is 0 Å². The van der Waals surface area contributed by atoms with Gasteiger partial charge in [-0.2, -0.15) is 0 Å². The average Bonchev–Trinajstić information content (AvgIpc) is 2.40. The number of likely N-dealkylation sites (N-methyl/N-ethyl adjacent to an activating group) is 1. The second kappa shape index (κ2) is 3.90. The molecule has 0 fully saturated rings. The van der Waals surface area contributed by atoms with E-state index in [0.29, 0.717) is 0 Å². The van der Waals surface area contributed by atoms with Crippen LogP contribution in [-0.2, 0) is 4.79 Å². The van der Waals surface area contributed by atoms with Crippen LogP contribution in [0, 0.1) is 10.8 Å². The van der Waals surface area contributed by atoms with Gasteiger partial charge in [-0.15, -0.1) is 0 Å². The van der Waals surface area contributed by atoms with Gasteiger partial charge >= 0.3 is 0 Å². The Kier molecular flexibility index (Phi) is 3.24. The van der Waals surface area contributed by atoms with Crippen molar-refractivity contribution in [3.63, 3.8) is 0 Å². The smallest absolute Gasteiger partial charge is 0.250 e. The molecule has 92 valence electrons. The van der Waals surface area contributed by atoms with Crippen LogP contribution in [0.3, 0.4) is 0 Å². The molecule has 1 heterocycles. The van der Waals surface area contributed by atoms with Crippen LogP contribution in [-0.4, -0.2) is 23.9 Å². The van der Waals surface area contributed by atoms with Crippen molar-refractivity contribution in [3.8, 4) is 0 Å². The van der Waals surface area contributed by atoms with E-state index >= 15 is 0 Å². The Labute approximate surface area is 99.7 Å². The summed E-state index contributed by atoms with van der Waals surface area (Å²) in [7, 11) is 0. The fraction of sp³-hybridized carbons (Fsp3) is 0.786. The Morgan fingerprint density at radius 1 is 1.06 bits per heavy atom. The fourth-order valence-corrected chi connectivity index (χ4v) is 2.27. The first-order valence-electron chi connectivity index (χ1n) is 6.12. The largest absolute Gasteiger partial charge is 0.335 e. The summed E-state index contributed by atoms with van der Waals surface area (Å²) < 4.78 is 0. The quantitative estimate of drug-likeness (QED) is 0.668. The molecule has 0 aromatic rings. The molecule has 0 aromatic heterocycles. The lowest BCUT2D eigenvalue weighted by Gasteiger charge is -2.26. The van der Waals surface area contributed by atoms with E-state index in [1.54, 1.807) is 0 Å². The molecule has 0 saturated carbocycles. The summed E-state index contributed by atoms with van der Waals surface area (Å²) in [4.78, 5) is 14.3. The molecule has 0 bridgehead atoms. The highest BCUT2D eigenvalue weighted by Gasteiger charge is 2.39. The lowest BCUT2D eigenvalue weighted by Crippen LogP contribution is -2.29. The normalized spacial score (nSPS) is 18.7. The number of rotatable bonds is 1. The minimum atomic E-state index is -0.0520. The molecule has 0 radical (unpaired) electrons. The Morgan fingerprint density at radius 3 is 1.81 bits per heavy atom. The van der Waals surface area contributed by atoms with E-state index in [4.69, 9.17) is 0 Å². The second-order valence-corrected chi connectivity index (χ2v) is 6.67. The molecule has 0 atom stereocenters. The Balaban J connectivity index is 3.26. The molecule has 1 aliphatic rings. The van der Waals surface area contributed by atoms with Crippen LogP contribution in [0.1, 0.15) is 48.5 Å². The van der Waals surface area contributed by atoms with Gasteiger partial charge in [0.1, 0.15) is 0 Å². The summed E-state index contributed by atoms with van der Waals surface area (Å²) in [5, 5.41) is 0. The van der Waals surface area contributed by atoms with E-state index in [1.165, 1.54) is 5.57 Å². The van der Waals surface area contributed by atoms with E-state index in [-0.39, 0.29) is 16.7 Å². The van der Waals surface area contributed by atoms with Crippen molar-refractivity contribution in [3.05, 3.63) is 11.1 Å². The molecule has 1 rings (SSSR count). The molecular weight excluding hydrogens is 198 g/mol. The minimum absolute atomic E-state index is 0.0520. The molecule has 1 amide bonds. The zero-order valence-corrected chi connectivity index (χ0v) is 11.8. The lowest BCUT2D eigenvalue weighted by atomic mass is 9.76. The lowest BCUT2D eigenvalue weighted by molar-refractivity contribution is -0.126. The van der Waals surface area contributed by atoms with E-state index in [2.05, 4.69) is 41.5 Å². The summed E-state index contributed by atoms with van der Waals surface area (Å²) in [6, 6.07) is 0. The summed E-state index contributed by atoms with van der Waals surface area (Å²) >= 11 is 0. The molecule has 0 unspecified atom stereocenters. The average molecular weight is 223 g/mol. The summed E-state index contributed by atoms with van der Waals surface area (Å²) in [6.45, 7) is 16.6. The van der Waals surface area contributed by atoms with E-state index in [0.717, 1.165) is 18.7 Å². The highest BCUT2D eigenvalue weighted by molar-refractivity contribution is 5.98. The third kappa shape index (κ3) is 2.31. The van der Waals surface area contributed by atoms with Gasteiger partial charge in [0.25, 0.3) is 5.91 Å². The van der Waals surface area contributed by atoms with E-state index in [9.17, 15) is 4.79 Å². The van der Waals surface area contributed by atoms with Crippen molar-refractivity contribution >= 4 is 5.91 Å². The van der Waals surface area contributed by atoms with Crippen LogP contribution >= 0.6 is 0 Å². The standard InChI is InChI=1S/C14H25NO/c1-8-15-9-10(13(2,3)4)11(12(15)16)14(5,6)7/h8-9H2,1-7H3. The topological polar surface area (TPSA) is 20.3 Å². The molecule has 1 aliphatic heterocycles. The van der Waals surface area contributed by atoms with Gasteiger partial charge in [0, 0.05) is 18.7 Å². The number of nitrogens with zero attached hydrogens (tertiary/aromatic N) is 1. The van der Waals surface area contributed by atoms with Gasteiger partial charge in [0.05, 0.1) is 0 Å². The van der Waals surface area contributed by atoms with Gasteiger partial charge < -0.3 is 4.90 Å². The van der Waals surface area contributed by atoms with Crippen molar-refractivity contribution in [2.45, 2.75) is 48.5 Å². The molecule has 0 aromatic carbocycles. The predicted molar refractivity (Wildman–Crippen MR) is 68.2 cm³/mol. The zero-order valence-electron chi connectivity index (χ0n) is 11.8. The maximum Gasteiger partial charge on any atom is 0.250 e. The molecule has 0 N–H and O–H groups in total. The summed E-state index contributed by atoms with van der Waals surface area (Å²) in [6.07, 6.45) is 0. The van der Waals surface area contributed by atoms with E-state index < -0.39 is 0 Å². The van der Waals surface area contributed by atoms with Gasteiger partial charge in [-0.25, -0.2) is 0 Å². The molecular formula is C14H25NO. The number of carbonyl (C=O) groups excluding carboxylic acids is 1. The number of amides is 1. The monoisotopic (exact) mass is 223 g/mol. The van der Waals surface area contributed by atoms with Gasteiger partial charge in [0.15, 0.2) is 0 Å². The molecule has 16 heavy (non-hydrogen) atoms. The van der Waals surface area contributed by atoms with Crippen LogP contribution in [0.5, 0.6) is 0 Å². The van der Waals surface area contributed by atoms with Crippen LogP contribution in [0.4, 0.5) is 0 Å². The van der Waals surface area contributed by atoms with Crippen molar-refractivity contribution in [2.24, 2.45) is 10.8 Å². The number of hydrogen-bond donors (Lipinski definition) is 0. The van der Waals surface area contributed by atoms with Crippen molar-refractivity contribution in [1.82, 2.24) is 4.90 Å². The zero-order chi connectivity index (χ0) is 12.7. The predicted octanol–water partition coefficient (Wildman–Crippen LogP) is 3.24. The maximum atomic E-state index is 12.3. The van der Waals surface area contributed by atoms with Gasteiger partial charge in [0.2, 0.25) is 0 Å². The summed E-state index contributed by atoms with van der Waals surface area (Å²) in [5.74, 6) is 0.236. The van der Waals surface area contributed by atoms with Crippen LogP contribution in [0.15, 0.2) is 11.1 Å².